The number of sulfonamides is 1. The maximum Gasteiger partial charge on any atom is 0.261 e. The molecular weight excluding hydrogens is 409 g/mol. The Bertz CT molecular complexity index is 860. The third kappa shape index (κ3) is 7.38. The molecule has 0 aliphatic rings. The van der Waals surface area contributed by atoms with Crippen molar-refractivity contribution in [1.29, 1.82) is 0 Å². The van der Waals surface area contributed by atoms with Gasteiger partial charge < -0.3 is 10.6 Å². The van der Waals surface area contributed by atoms with Crippen LogP contribution >= 0.6 is 24.0 Å². The van der Waals surface area contributed by atoms with Gasteiger partial charge in [0.05, 0.1) is 10.6 Å². The van der Waals surface area contributed by atoms with E-state index >= 15 is 0 Å². The third-order valence-corrected chi connectivity index (χ3v) is 5.11. The van der Waals surface area contributed by atoms with Crippen molar-refractivity contribution in [3.05, 3.63) is 59.1 Å². The molecule has 3 N–H and O–H groups in total. The lowest BCUT2D eigenvalue weighted by atomic mass is 10.2. The van der Waals surface area contributed by atoms with E-state index in [1.807, 2.05) is 0 Å². The van der Waals surface area contributed by atoms with Gasteiger partial charge in [-0.3, -0.25) is 9.52 Å². The first kappa shape index (κ1) is 23.2. The van der Waals surface area contributed by atoms with Gasteiger partial charge in [0.25, 0.3) is 15.9 Å². The Morgan fingerprint density at radius 3 is 2.48 bits per heavy atom. The standard InChI is InChI=1S/C18H22ClN3O3S.ClH/c1-2-9-20-10-11-21-18(23)14-5-3-8-17(12-14)26(24,25)22-16-7-4-6-15(19)13-16;/h3-8,12-13,20,22H,2,9-11H2,1H3,(H,21,23);1H. The average molecular weight is 432 g/mol. The molecule has 0 aromatic heterocycles. The normalized spacial score (nSPS) is 10.7. The van der Waals surface area contributed by atoms with Crippen molar-refractivity contribution in [2.75, 3.05) is 24.4 Å². The molecule has 0 spiro atoms. The molecule has 0 saturated carbocycles. The van der Waals surface area contributed by atoms with Gasteiger partial charge in [0.2, 0.25) is 0 Å². The van der Waals surface area contributed by atoms with E-state index in [1.165, 1.54) is 24.3 Å². The van der Waals surface area contributed by atoms with Crippen LogP contribution in [0.4, 0.5) is 5.69 Å². The van der Waals surface area contributed by atoms with Gasteiger partial charge in [-0.2, -0.15) is 0 Å². The molecule has 6 nitrogen and oxygen atoms in total. The fraction of sp³-hybridized carbons (Fsp3) is 0.278. The molecule has 27 heavy (non-hydrogen) atoms. The highest BCUT2D eigenvalue weighted by atomic mass is 35.5. The van der Waals surface area contributed by atoms with Gasteiger partial charge in [-0.1, -0.05) is 30.7 Å². The molecule has 148 valence electrons. The summed E-state index contributed by atoms with van der Waals surface area (Å²) in [7, 11) is -3.82. The van der Waals surface area contributed by atoms with E-state index in [0.29, 0.717) is 23.8 Å². The molecule has 2 rings (SSSR count). The zero-order valence-electron chi connectivity index (χ0n) is 14.9. The molecular formula is C18H23Cl2N3O3S. The number of carbonyl (C=O) groups excluding carboxylic acids is 1. The van der Waals surface area contributed by atoms with Gasteiger partial charge in [0.1, 0.15) is 0 Å². The van der Waals surface area contributed by atoms with E-state index in [-0.39, 0.29) is 28.8 Å². The van der Waals surface area contributed by atoms with E-state index < -0.39 is 10.0 Å². The summed E-state index contributed by atoms with van der Waals surface area (Å²) in [6.07, 6.45) is 1.02. The number of nitrogens with one attached hydrogen (secondary N) is 3. The Labute approximate surface area is 171 Å². The molecule has 0 fully saturated rings. The van der Waals surface area contributed by atoms with Crippen LogP contribution in [-0.4, -0.2) is 34.0 Å². The number of hydrogen-bond donors (Lipinski definition) is 3. The Hall–Kier alpha value is -1.80. The molecule has 9 heteroatoms. The minimum Gasteiger partial charge on any atom is -0.351 e. The number of hydrogen-bond acceptors (Lipinski definition) is 4. The van der Waals surface area contributed by atoms with Crippen molar-refractivity contribution in [3.8, 4) is 0 Å². The summed E-state index contributed by atoms with van der Waals surface area (Å²) in [5.74, 6) is -0.317. The Morgan fingerprint density at radius 1 is 1.04 bits per heavy atom. The van der Waals surface area contributed by atoms with Gasteiger partial charge >= 0.3 is 0 Å². The molecule has 0 heterocycles. The van der Waals surface area contributed by atoms with Gasteiger partial charge in [-0.05, 0) is 49.4 Å². The van der Waals surface area contributed by atoms with Gasteiger partial charge in [-0.25, -0.2) is 8.42 Å². The monoisotopic (exact) mass is 431 g/mol. The molecule has 2 aromatic rings. The smallest absolute Gasteiger partial charge is 0.261 e. The van der Waals surface area contributed by atoms with Crippen molar-refractivity contribution in [2.24, 2.45) is 0 Å². The van der Waals surface area contributed by atoms with E-state index in [4.69, 9.17) is 11.6 Å². The van der Waals surface area contributed by atoms with Gasteiger partial charge in [0, 0.05) is 23.7 Å². The second-order valence-electron chi connectivity index (χ2n) is 5.65. The number of rotatable bonds is 9. The first-order valence-electron chi connectivity index (χ1n) is 8.30. The number of anilines is 1. The van der Waals surface area contributed by atoms with E-state index in [2.05, 4.69) is 22.3 Å². The topological polar surface area (TPSA) is 87.3 Å². The van der Waals surface area contributed by atoms with Crippen molar-refractivity contribution >= 4 is 45.6 Å². The molecule has 0 atom stereocenters. The first-order valence-corrected chi connectivity index (χ1v) is 10.2. The largest absolute Gasteiger partial charge is 0.351 e. The number of carbonyl (C=O) groups is 1. The van der Waals surface area contributed by atoms with Crippen molar-refractivity contribution in [3.63, 3.8) is 0 Å². The molecule has 0 radical (unpaired) electrons. The quantitative estimate of drug-likeness (QED) is 0.531. The van der Waals surface area contributed by atoms with Crippen molar-refractivity contribution < 1.29 is 13.2 Å². The van der Waals surface area contributed by atoms with E-state index in [1.54, 1.807) is 24.3 Å². The van der Waals surface area contributed by atoms with Crippen LogP contribution < -0.4 is 15.4 Å². The minimum absolute atomic E-state index is 0. The third-order valence-electron chi connectivity index (χ3n) is 3.50. The summed E-state index contributed by atoms with van der Waals surface area (Å²) in [5.41, 5.74) is 0.642. The highest BCUT2D eigenvalue weighted by Gasteiger charge is 2.16. The van der Waals surface area contributed by atoms with Crippen LogP contribution in [0.1, 0.15) is 23.7 Å². The fourth-order valence-electron chi connectivity index (χ4n) is 2.24. The molecule has 0 aliphatic heterocycles. The summed E-state index contributed by atoms with van der Waals surface area (Å²) >= 11 is 5.87. The lowest BCUT2D eigenvalue weighted by molar-refractivity contribution is 0.0953. The summed E-state index contributed by atoms with van der Waals surface area (Å²) in [4.78, 5) is 12.2. The second-order valence-corrected chi connectivity index (χ2v) is 7.77. The summed E-state index contributed by atoms with van der Waals surface area (Å²) < 4.78 is 27.5. The van der Waals surface area contributed by atoms with Crippen LogP contribution in [0.3, 0.4) is 0 Å². The lowest BCUT2D eigenvalue weighted by Crippen LogP contribution is -2.32. The fourth-order valence-corrected chi connectivity index (χ4v) is 3.52. The SMILES string of the molecule is CCCNCCNC(=O)c1cccc(S(=O)(=O)Nc2cccc(Cl)c2)c1.Cl. The van der Waals surface area contributed by atoms with E-state index in [0.717, 1.165) is 13.0 Å². The Balaban J connectivity index is 0.00000364. The van der Waals surface area contributed by atoms with Crippen LogP contribution in [0.5, 0.6) is 0 Å². The van der Waals surface area contributed by atoms with Crippen LogP contribution in [0.25, 0.3) is 0 Å². The zero-order chi connectivity index (χ0) is 19.0. The molecule has 2 aromatic carbocycles. The van der Waals surface area contributed by atoms with Crippen LogP contribution in [0.2, 0.25) is 5.02 Å². The molecule has 0 saturated heterocycles. The molecule has 0 aliphatic carbocycles. The predicted octanol–water partition coefficient (Wildman–Crippen LogP) is 3.29. The minimum atomic E-state index is -3.82. The van der Waals surface area contributed by atoms with Gasteiger partial charge in [-0.15, -0.1) is 12.4 Å². The maximum atomic E-state index is 12.5. The number of benzene rings is 2. The molecule has 0 bridgehead atoms. The van der Waals surface area contributed by atoms with Crippen LogP contribution in [0.15, 0.2) is 53.4 Å². The van der Waals surface area contributed by atoms with Crippen LogP contribution in [-0.2, 0) is 10.0 Å². The van der Waals surface area contributed by atoms with Crippen molar-refractivity contribution in [1.82, 2.24) is 10.6 Å². The Morgan fingerprint density at radius 2 is 1.78 bits per heavy atom. The second kappa shape index (κ2) is 11.1. The molecule has 1 amide bonds. The summed E-state index contributed by atoms with van der Waals surface area (Å²) in [6, 6.07) is 12.3. The van der Waals surface area contributed by atoms with E-state index in [9.17, 15) is 13.2 Å². The first-order chi connectivity index (χ1) is 12.4. The average Bonchev–Trinajstić information content (AvgIpc) is 2.61. The zero-order valence-corrected chi connectivity index (χ0v) is 17.3. The summed E-state index contributed by atoms with van der Waals surface area (Å²) in [6.45, 7) is 4.08. The lowest BCUT2D eigenvalue weighted by Gasteiger charge is -2.10. The van der Waals surface area contributed by atoms with Crippen LogP contribution in [0, 0.1) is 0 Å². The summed E-state index contributed by atoms with van der Waals surface area (Å²) in [5, 5.41) is 6.36. The highest BCUT2D eigenvalue weighted by Crippen LogP contribution is 2.20. The maximum absolute atomic E-state index is 12.5. The molecule has 0 unspecified atom stereocenters. The van der Waals surface area contributed by atoms with Gasteiger partial charge in [0.15, 0.2) is 0 Å². The predicted molar refractivity (Wildman–Crippen MR) is 111 cm³/mol. The van der Waals surface area contributed by atoms with Crippen molar-refractivity contribution in [2.45, 2.75) is 18.2 Å². The highest BCUT2D eigenvalue weighted by molar-refractivity contribution is 7.92. The number of amides is 1. The Kier molecular flexibility index (Phi) is 9.59. The number of halogens is 2.